The summed E-state index contributed by atoms with van der Waals surface area (Å²) in [5, 5.41) is 2.99. The van der Waals surface area contributed by atoms with Gasteiger partial charge in [-0.05, 0) is 36.6 Å². The van der Waals surface area contributed by atoms with Gasteiger partial charge >= 0.3 is 0 Å². The molecule has 3 aromatic rings. The number of hydrogen-bond donors (Lipinski definition) is 2. The number of aromatic nitrogens is 3. The standard InChI is InChI=1S/C19H21N5O/c1-12-5-3-4-6-14(12)17-19(25)21-9-10-24(17)11-15-22-16-13(2)7-8-20-18(16)23-15/h3-8,17H,9-11H2,1-2H3,(H,21,25)(H,20,22,23)/t17-/m0/s1. The maximum Gasteiger partial charge on any atom is 0.242 e. The molecular weight excluding hydrogens is 314 g/mol. The first-order valence-electron chi connectivity index (χ1n) is 8.51. The Labute approximate surface area is 146 Å². The number of fused-ring (bicyclic) bond motifs is 1. The summed E-state index contributed by atoms with van der Waals surface area (Å²) >= 11 is 0. The number of piperazine rings is 1. The molecule has 1 aliphatic rings. The van der Waals surface area contributed by atoms with Crippen molar-refractivity contribution < 1.29 is 4.79 Å². The highest BCUT2D eigenvalue weighted by Crippen LogP contribution is 2.27. The van der Waals surface area contributed by atoms with Crippen LogP contribution in [0.3, 0.4) is 0 Å². The Bertz CT molecular complexity index is 932. The van der Waals surface area contributed by atoms with Crippen LogP contribution in [0, 0.1) is 13.8 Å². The molecule has 0 spiro atoms. The topological polar surface area (TPSA) is 73.9 Å². The highest BCUT2D eigenvalue weighted by atomic mass is 16.2. The van der Waals surface area contributed by atoms with Gasteiger partial charge in [-0.1, -0.05) is 24.3 Å². The number of aryl methyl sites for hydroxylation is 2. The van der Waals surface area contributed by atoms with Crippen molar-refractivity contribution in [3.8, 4) is 0 Å². The second-order valence-electron chi connectivity index (χ2n) is 6.53. The monoisotopic (exact) mass is 335 g/mol. The lowest BCUT2D eigenvalue weighted by Gasteiger charge is -2.35. The molecule has 0 unspecified atom stereocenters. The molecule has 0 radical (unpaired) electrons. The maximum atomic E-state index is 12.6. The lowest BCUT2D eigenvalue weighted by molar-refractivity contribution is -0.129. The molecule has 1 amide bonds. The molecule has 1 atom stereocenters. The van der Waals surface area contributed by atoms with Gasteiger partial charge in [-0.2, -0.15) is 0 Å². The van der Waals surface area contributed by atoms with Crippen LogP contribution in [0.15, 0.2) is 36.5 Å². The Morgan fingerprint density at radius 1 is 1.20 bits per heavy atom. The third-order valence-electron chi connectivity index (χ3n) is 4.80. The van der Waals surface area contributed by atoms with E-state index >= 15 is 0 Å². The summed E-state index contributed by atoms with van der Waals surface area (Å²) in [5.74, 6) is 0.885. The predicted octanol–water partition coefficient (Wildman–Crippen LogP) is 2.25. The average Bonchev–Trinajstić information content (AvgIpc) is 3.00. The maximum absolute atomic E-state index is 12.6. The number of nitrogens with one attached hydrogen (secondary N) is 2. The minimum Gasteiger partial charge on any atom is -0.353 e. The normalized spacial score (nSPS) is 18.5. The summed E-state index contributed by atoms with van der Waals surface area (Å²) in [7, 11) is 0. The van der Waals surface area contributed by atoms with Crippen molar-refractivity contribution in [2.24, 2.45) is 0 Å². The molecule has 0 bridgehead atoms. The molecule has 1 fully saturated rings. The number of rotatable bonds is 3. The molecule has 1 aromatic carbocycles. The molecule has 4 rings (SSSR count). The molecule has 0 saturated carbocycles. The van der Waals surface area contributed by atoms with Crippen molar-refractivity contribution >= 4 is 17.1 Å². The molecule has 128 valence electrons. The van der Waals surface area contributed by atoms with Crippen LogP contribution in [0.25, 0.3) is 11.2 Å². The lowest BCUT2D eigenvalue weighted by Crippen LogP contribution is -2.49. The van der Waals surface area contributed by atoms with Gasteiger partial charge in [0.15, 0.2) is 5.65 Å². The zero-order valence-corrected chi connectivity index (χ0v) is 14.4. The van der Waals surface area contributed by atoms with Crippen LogP contribution >= 0.6 is 0 Å². The van der Waals surface area contributed by atoms with E-state index in [0.29, 0.717) is 13.1 Å². The number of imidazole rings is 1. The molecule has 1 aliphatic heterocycles. The van der Waals surface area contributed by atoms with Crippen molar-refractivity contribution in [2.75, 3.05) is 13.1 Å². The van der Waals surface area contributed by atoms with E-state index in [0.717, 1.165) is 40.2 Å². The summed E-state index contributed by atoms with van der Waals surface area (Å²) < 4.78 is 0. The molecule has 25 heavy (non-hydrogen) atoms. The summed E-state index contributed by atoms with van der Waals surface area (Å²) in [4.78, 5) is 27.0. The minimum absolute atomic E-state index is 0.0472. The third-order valence-corrected chi connectivity index (χ3v) is 4.80. The molecule has 6 heteroatoms. The third kappa shape index (κ3) is 2.89. The van der Waals surface area contributed by atoms with Crippen LogP contribution in [0.5, 0.6) is 0 Å². The summed E-state index contributed by atoms with van der Waals surface area (Å²) in [5.41, 5.74) is 4.98. The van der Waals surface area contributed by atoms with Crippen LogP contribution in [0.4, 0.5) is 0 Å². The van der Waals surface area contributed by atoms with Crippen molar-refractivity contribution in [2.45, 2.75) is 26.4 Å². The summed E-state index contributed by atoms with van der Waals surface area (Å²) in [6.07, 6.45) is 1.77. The quantitative estimate of drug-likeness (QED) is 0.770. The van der Waals surface area contributed by atoms with Crippen molar-refractivity contribution in [1.29, 1.82) is 0 Å². The van der Waals surface area contributed by atoms with E-state index in [1.807, 2.05) is 44.2 Å². The fourth-order valence-corrected chi connectivity index (χ4v) is 3.47. The van der Waals surface area contributed by atoms with Gasteiger partial charge in [0, 0.05) is 19.3 Å². The Morgan fingerprint density at radius 3 is 2.84 bits per heavy atom. The Hall–Kier alpha value is -2.73. The largest absolute Gasteiger partial charge is 0.353 e. The van der Waals surface area contributed by atoms with Gasteiger partial charge in [0.05, 0.1) is 12.1 Å². The fraction of sp³-hybridized carbons (Fsp3) is 0.316. The predicted molar refractivity (Wildman–Crippen MR) is 96.0 cm³/mol. The molecule has 2 N–H and O–H groups in total. The Balaban J connectivity index is 1.68. The second-order valence-corrected chi connectivity index (χ2v) is 6.53. The number of pyridine rings is 1. The molecule has 3 heterocycles. The van der Waals surface area contributed by atoms with E-state index in [2.05, 4.69) is 25.2 Å². The van der Waals surface area contributed by atoms with E-state index < -0.39 is 0 Å². The van der Waals surface area contributed by atoms with Gasteiger partial charge in [-0.15, -0.1) is 0 Å². The molecule has 0 aliphatic carbocycles. The Morgan fingerprint density at radius 2 is 2.04 bits per heavy atom. The number of carbonyl (C=O) groups is 1. The number of nitrogens with zero attached hydrogens (tertiary/aromatic N) is 3. The van der Waals surface area contributed by atoms with Crippen LogP contribution in [0.2, 0.25) is 0 Å². The van der Waals surface area contributed by atoms with E-state index in [1.54, 1.807) is 6.20 Å². The summed E-state index contributed by atoms with van der Waals surface area (Å²) in [6.45, 7) is 6.11. The SMILES string of the molecule is Cc1ccccc1[C@H]1C(=O)NCCN1Cc1nc2nccc(C)c2[nH]1. The number of benzene rings is 1. The first-order chi connectivity index (χ1) is 12.1. The van der Waals surface area contributed by atoms with E-state index in [-0.39, 0.29) is 11.9 Å². The lowest BCUT2D eigenvalue weighted by atomic mass is 9.98. The average molecular weight is 335 g/mol. The smallest absolute Gasteiger partial charge is 0.242 e. The number of aromatic amines is 1. The van der Waals surface area contributed by atoms with Crippen LogP contribution in [-0.4, -0.2) is 38.8 Å². The Kier molecular flexibility index (Phi) is 3.97. The molecule has 6 nitrogen and oxygen atoms in total. The molecular formula is C19H21N5O. The first-order valence-corrected chi connectivity index (χ1v) is 8.51. The summed E-state index contributed by atoms with van der Waals surface area (Å²) in [6, 6.07) is 9.73. The number of H-pyrrole nitrogens is 1. The van der Waals surface area contributed by atoms with Gasteiger partial charge in [0.2, 0.25) is 5.91 Å². The molecule has 2 aromatic heterocycles. The highest BCUT2D eigenvalue weighted by Gasteiger charge is 2.32. The van der Waals surface area contributed by atoms with Crippen LogP contribution in [-0.2, 0) is 11.3 Å². The van der Waals surface area contributed by atoms with E-state index in [1.165, 1.54) is 0 Å². The van der Waals surface area contributed by atoms with Gasteiger partial charge < -0.3 is 10.3 Å². The number of carbonyl (C=O) groups excluding carboxylic acids is 1. The minimum atomic E-state index is -0.294. The van der Waals surface area contributed by atoms with Crippen LogP contribution < -0.4 is 5.32 Å². The second kappa shape index (κ2) is 6.29. The fourth-order valence-electron chi connectivity index (χ4n) is 3.47. The zero-order valence-electron chi connectivity index (χ0n) is 14.4. The van der Waals surface area contributed by atoms with Crippen LogP contribution in [0.1, 0.15) is 28.6 Å². The van der Waals surface area contributed by atoms with Gasteiger partial charge in [-0.25, -0.2) is 9.97 Å². The van der Waals surface area contributed by atoms with Crippen molar-refractivity contribution in [3.05, 3.63) is 59.0 Å². The van der Waals surface area contributed by atoms with Gasteiger partial charge in [0.1, 0.15) is 11.9 Å². The van der Waals surface area contributed by atoms with Crippen molar-refractivity contribution in [1.82, 2.24) is 25.2 Å². The van der Waals surface area contributed by atoms with Gasteiger partial charge in [0.25, 0.3) is 0 Å². The number of amides is 1. The first kappa shape index (κ1) is 15.8. The van der Waals surface area contributed by atoms with Gasteiger partial charge in [-0.3, -0.25) is 9.69 Å². The van der Waals surface area contributed by atoms with E-state index in [9.17, 15) is 4.79 Å². The highest BCUT2D eigenvalue weighted by molar-refractivity contribution is 5.84. The number of hydrogen-bond acceptors (Lipinski definition) is 4. The molecule has 1 saturated heterocycles. The van der Waals surface area contributed by atoms with E-state index in [4.69, 9.17) is 0 Å². The van der Waals surface area contributed by atoms with Crippen molar-refractivity contribution in [3.63, 3.8) is 0 Å². The zero-order chi connectivity index (χ0) is 17.4.